The molecule has 0 saturated carbocycles. The quantitative estimate of drug-likeness (QED) is 0.204. The van der Waals surface area contributed by atoms with E-state index in [0.29, 0.717) is 16.8 Å². The number of carbonyl (C=O) groups excluding carboxylic acids is 1. The second-order valence-electron chi connectivity index (χ2n) is 6.32. The van der Waals surface area contributed by atoms with Crippen LogP contribution in [0.2, 0.25) is 0 Å². The molecule has 0 amide bonds. The van der Waals surface area contributed by atoms with Crippen molar-refractivity contribution in [3.8, 4) is 0 Å². The lowest BCUT2D eigenvalue weighted by atomic mass is 10.1. The number of aromatic nitrogens is 1. The third-order valence-corrected chi connectivity index (χ3v) is 4.53. The molecule has 0 saturated heterocycles. The van der Waals surface area contributed by atoms with E-state index in [1.54, 1.807) is 30.3 Å². The van der Waals surface area contributed by atoms with E-state index in [0.717, 1.165) is 10.9 Å². The van der Waals surface area contributed by atoms with Gasteiger partial charge in [0.15, 0.2) is 0 Å². The highest BCUT2D eigenvalue weighted by Gasteiger charge is 2.16. The summed E-state index contributed by atoms with van der Waals surface area (Å²) in [7, 11) is 0. The smallest absolute Gasteiger partial charge is 0.269 e. The third kappa shape index (κ3) is 3.33. The van der Waals surface area contributed by atoms with Gasteiger partial charge < -0.3 is 4.57 Å². The number of allylic oxidation sites excluding steroid dienone is 1. The van der Waals surface area contributed by atoms with Crippen molar-refractivity contribution in [2.75, 3.05) is 0 Å². The molecule has 4 rings (SSSR count). The lowest BCUT2D eigenvalue weighted by Gasteiger charge is -2.11. The van der Waals surface area contributed by atoms with Gasteiger partial charge in [-0.05, 0) is 41.3 Å². The number of nitro benzene ring substituents is 1. The number of ketones is 1. The van der Waals surface area contributed by atoms with E-state index in [1.807, 2.05) is 59.3 Å². The zero-order chi connectivity index (χ0) is 19.5. The number of Topliss-reactive ketones (excluding diaryl/α,β-unsaturated/α-hetero) is 1. The van der Waals surface area contributed by atoms with Crippen molar-refractivity contribution < 1.29 is 9.72 Å². The molecule has 3 aromatic carbocycles. The Hall–Kier alpha value is -3.99. The van der Waals surface area contributed by atoms with Crippen molar-refractivity contribution in [2.24, 2.45) is 0 Å². The van der Waals surface area contributed by atoms with Gasteiger partial charge in [-0.3, -0.25) is 14.9 Å². The number of nitrogens with zero attached hydrogens (tertiary/aromatic N) is 2. The molecule has 4 aromatic rings. The first kappa shape index (κ1) is 17.4. The zero-order valence-electron chi connectivity index (χ0n) is 14.9. The highest BCUT2D eigenvalue weighted by molar-refractivity contribution is 6.28. The van der Waals surface area contributed by atoms with Gasteiger partial charge in [0.2, 0.25) is 5.78 Å². The van der Waals surface area contributed by atoms with Crippen molar-refractivity contribution in [3.05, 3.63) is 112 Å². The summed E-state index contributed by atoms with van der Waals surface area (Å²) < 4.78 is 1.85. The van der Waals surface area contributed by atoms with E-state index in [-0.39, 0.29) is 11.5 Å². The summed E-state index contributed by atoms with van der Waals surface area (Å²) in [4.78, 5) is 23.7. The van der Waals surface area contributed by atoms with Crippen LogP contribution in [-0.2, 0) is 0 Å². The molecule has 0 atom stereocenters. The maximum atomic E-state index is 13.3. The van der Waals surface area contributed by atoms with E-state index in [1.165, 1.54) is 12.1 Å². The Morgan fingerprint density at radius 1 is 0.857 bits per heavy atom. The van der Waals surface area contributed by atoms with Crippen LogP contribution in [0.4, 0.5) is 5.69 Å². The summed E-state index contributed by atoms with van der Waals surface area (Å²) >= 11 is 0. The predicted molar refractivity (Wildman–Crippen MR) is 110 cm³/mol. The van der Waals surface area contributed by atoms with Crippen molar-refractivity contribution in [1.82, 2.24) is 4.57 Å². The van der Waals surface area contributed by atoms with Crippen molar-refractivity contribution in [3.63, 3.8) is 0 Å². The molecule has 5 nitrogen and oxygen atoms in total. The average molecular weight is 368 g/mol. The Labute approximate surface area is 161 Å². The first-order valence-corrected chi connectivity index (χ1v) is 8.76. The molecular formula is C23H16N2O3. The van der Waals surface area contributed by atoms with Crippen molar-refractivity contribution >= 4 is 34.1 Å². The van der Waals surface area contributed by atoms with Gasteiger partial charge in [0, 0.05) is 23.9 Å². The van der Waals surface area contributed by atoms with Crippen molar-refractivity contribution in [2.45, 2.75) is 0 Å². The third-order valence-electron chi connectivity index (χ3n) is 4.53. The summed E-state index contributed by atoms with van der Waals surface area (Å²) in [6, 6.07) is 25.0. The SMILES string of the molecule is O=C(/C(=C/c1ccc([N+](=O)[O-])cc1)n1ccc2ccccc21)c1ccccc1. The summed E-state index contributed by atoms with van der Waals surface area (Å²) in [5.41, 5.74) is 2.69. The highest BCUT2D eigenvalue weighted by atomic mass is 16.6. The van der Waals surface area contributed by atoms with E-state index >= 15 is 0 Å². The molecule has 0 radical (unpaired) electrons. The van der Waals surface area contributed by atoms with Gasteiger partial charge in [-0.25, -0.2) is 0 Å². The second kappa shape index (κ2) is 7.32. The largest absolute Gasteiger partial charge is 0.313 e. The van der Waals surface area contributed by atoms with Crippen LogP contribution in [0.1, 0.15) is 15.9 Å². The maximum Gasteiger partial charge on any atom is 0.269 e. The molecule has 1 heterocycles. The molecule has 0 spiro atoms. The summed E-state index contributed by atoms with van der Waals surface area (Å²) in [6.07, 6.45) is 3.62. The summed E-state index contributed by atoms with van der Waals surface area (Å²) in [5.74, 6) is -0.125. The number of fused-ring (bicyclic) bond motifs is 1. The molecule has 0 fully saturated rings. The van der Waals surface area contributed by atoms with Crippen LogP contribution in [0.25, 0.3) is 22.7 Å². The van der Waals surface area contributed by atoms with Crippen LogP contribution in [0, 0.1) is 10.1 Å². The fourth-order valence-electron chi connectivity index (χ4n) is 3.13. The van der Waals surface area contributed by atoms with Crippen LogP contribution in [0.15, 0.2) is 91.1 Å². The molecule has 0 bridgehead atoms. The van der Waals surface area contributed by atoms with Crippen LogP contribution in [-0.4, -0.2) is 15.3 Å². The molecule has 0 aliphatic carbocycles. The summed E-state index contributed by atoms with van der Waals surface area (Å²) in [6.45, 7) is 0. The molecule has 5 heteroatoms. The van der Waals surface area contributed by atoms with Gasteiger partial charge in [0.1, 0.15) is 0 Å². The second-order valence-corrected chi connectivity index (χ2v) is 6.32. The standard InChI is InChI=1S/C23H16N2O3/c26-23(19-7-2-1-3-8-19)22(16-17-10-12-20(13-11-17)25(27)28)24-15-14-18-6-4-5-9-21(18)24/h1-16H/b22-16-. The Balaban J connectivity index is 1.86. The molecular weight excluding hydrogens is 352 g/mol. The minimum atomic E-state index is -0.441. The lowest BCUT2D eigenvalue weighted by molar-refractivity contribution is -0.384. The van der Waals surface area contributed by atoms with Gasteiger partial charge in [-0.15, -0.1) is 0 Å². The number of non-ortho nitro benzene ring substituents is 1. The van der Waals surface area contributed by atoms with E-state index in [4.69, 9.17) is 0 Å². The fraction of sp³-hybridized carbons (Fsp3) is 0. The predicted octanol–water partition coefficient (Wildman–Crippen LogP) is 5.43. The molecule has 28 heavy (non-hydrogen) atoms. The van der Waals surface area contributed by atoms with Crippen LogP contribution in [0.3, 0.4) is 0 Å². The minimum absolute atomic E-state index is 0.0134. The molecule has 0 aliphatic heterocycles. The maximum absolute atomic E-state index is 13.3. The number of para-hydroxylation sites is 1. The first-order chi connectivity index (χ1) is 13.6. The van der Waals surface area contributed by atoms with Gasteiger partial charge >= 0.3 is 0 Å². The number of nitro groups is 1. The van der Waals surface area contributed by atoms with E-state index in [9.17, 15) is 14.9 Å². The Bertz CT molecular complexity index is 1190. The highest BCUT2D eigenvalue weighted by Crippen LogP contribution is 2.25. The minimum Gasteiger partial charge on any atom is -0.313 e. The first-order valence-electron chi connectivity index (χ1n) is 8.76. The van der Waals surface area contributed by atoms with Crippen LogP contribution >= 0.6 is 0 Å². The number of carbonyl (C=O) groups is 1. The molecule has 1 aromatic heterocycles. The number of hydrogen-bond donors (Lipinski definition) is 0. The lowest BCUT2D eigenvalue weighted by Crippen LogP contribution is -2.08. The molecule has 0 aliphatic rings. The van der Waals surface area contributed by atoms with Gasteiger partial charge in [0.25, 0.3) is 5.69 Å². The molecule has 136 valence electrons. The number of hydrogen-bond acceptors (Lipinski definition) is 3. The topological polar surface area (TPSA) is 65.1 Å². The van der Waals surface area contributed by atoms with Gasteiger partial charge in [0.05, 0.1) is 16.1 Å². The number of benzene rings is 3. The Kier molecular flexibility index (Phi) is 4.56. The van der Waals surface area contributed by atoms with Crippen LogP contribution < -0.4 is 0 Å². The molecule has 0 N–H and O–H groups in total. The monoisotopic (exact) mass is 368 g/mol. The van der Waals surface area contributed by atoms with Crippen LogP contribution in [0.5, 0.6) is 0 Å². The summed E-state index contributed by atoms with van der Waals surface area (Å²) in [5, 5.41) is 11.9. The fourth-order valence-corrected chi connectivity index (χ4v) is 3.13. The van der Waals surface area contributed by atoms with Gasteiger partial charge in [-0.2, -0.15) is 0 Å². The van der Waals surface area contributed by atoms with Crippen molar-refractivity contribution in [1.29, 1.82) is 0 Å². The van der Waals surface area contributed by atoms with E-state index in [2.05, 4.69) is 0 Å². The average Bonchev–Trinajstić information content (AvgIpc) is 3.16. The molecule has 0 unspecified atom stereocenters. The Morgan fingerprint density at radius 2 is 1.54 bits per heavy atom. The Morgan fingerprint density at radius 3 is 2.25 bits per heavy atom. The zero-order valence-corrected chi connectivity index (χ0v) is 14.9. The number of rotatable bonds is 5. The van der Waals surface area contributed by atoms with Gasteiger partial charge in [-0.1, -0.05) is 48.5 Å². The van der Waals surface area contributed by atoms with E-state index < -0.39 is 4.92 Å². The normalized spacial score (nSPS) is 11.5.